The van der Waals surface area contributed by atoms with Crippen LogP contribution in [-0.4, -0.2) is 56.6 Å². The molecule has 33 heavy (non-hydrogen) atoms. The molecule has 1 aliphatic heterocycles. The molecule has 0 aliphatic carbocycles. The Bertz CT molecular complexity index is 1100. The fourth-order valence-electron chi connectivity index (χ4n) is 3.61. The highest BCUT2D eigenvalue weighted by atomic mass is 19.3. The summed E-state index contributed by atoms with van der Waals surface area (Å²) in [5.41, 5.74) is 2.21. The number of alkyl halides is 2. The van der Waals surface area contributed by atoms with Crippen LogP contribution >= 0.6 is 0 Å². The molecular formula is C24H30F2N6O. The molecule has 0 unspecified atom stereocenters. The van der Waals surface area contributed by atoms with Crippen LogP contribution in [0.15, 0.2) is 60.7 Å². The summed E-state index contributed by atoms with van der Waals surface area (Å²) in [6.45, 7) is 10.6. The summed E-state index contributed by atoms with van der Waals surface area (Å²) in [6, 6.07) is 1.76. The monoisotopic (exact) mass is 456 g/mol. The molecule has 3 rings (SSSR count). The fourth-order valence-corrected chi connectivity index (χ4v) is 3.61. The van der Waals surface area contributed by atoms with Gasteiger partial charge in [0, 0.05) is 43.7 Å². The Morgan fingerprint density at radius 1 is 1.33 bits per heavy atom. The second kappa shape index (κ2) is 9.25. The van der Waals surface area contributed by atoms with Gasteiger partial charge in [-0.15, -0.1) is 0 Å². The number of likely N-dealkylation sites (tertiary alicyclic amines) is 1. The molecule has 176 valence electrons. The first-order valence-corrected chi connectivity index (χ1v) is 10.7. The zero-order chi connectivity index (χ0) is 24.4. The van der Waals surface area contributed by atoms with Crippen LogP contribution in [-0.2, 0) is 10.3 Å². The predicted molar refractivity (Wildman–Crippen MR) is 125 cm³/mol. The highest BCUT2D eigenvalue weighted by Crippen LogP contribution is 2.31. The first-order valence-electron chi connectivity index (χ1n) is 10.7. The zero-order valence-electron chi connectivity index (χ0n) is 19.7. The first kappa shape index (κ1) is 24.3. The Balaban J connectivity index is 1.86. The van der Waals surface area contributed by atoms with Crippen LogP contribution in [0.5, 0.6) is 0 Å². The fraction of sp³-hybridized carbons (Fsp3) is 0.417. The highest BCUT2D eigenvalue weighted by Gasteiger charge is 2.45. The number of carbonyl (C=O) groups excluding carboxylic acids is 1. The number of anilines is 1. The van der Waals surface area contributed by atoms with Gasteiger partial charge in [-0.05, 0) is 45.9 Å². The highest BCUT2D eigenvalue weighted by molar-refractivity contribution is 5.84. The zero-order valence-corrected chi connectivity index (χ0v) is 19.7. The molecule has 0 atom stereocenters. The molecule has 0 aromatic carbocycles. The van der Waals surface area contributed by atoms with Crippen molar-refractivity contribution in [3.63, 3.8) is 0 Å². The maximum Gasteiger partial charge on any atom is 0.267 e. The lowest BCUT2D eigenvalue weighted by Crippen LogP contribution is -2.47. The molecule has 0 bridgehead atoms. The van der Waals surface area contributed by atoms with Crippen molar-refractivity contribution in [2.45, 2.75) is 45.6 Å². The summed E-state index contributed by atoms with van der Waals surface area (Å²) < 4.78 is 28.7. The van der Waals surface area contributed by atoms with Gasteiger partial charge in [-0.2, -0.15) is 5.10 Å². The van der Waals surface area contributed by atoms with E-state index in [-0.39, 0.29) is 13.0 Å². The smallest absolute Gasteiger partial charge is 0.267 e. The minimum Gasteiger partial charge on any atom is -0.334 e. The van der Waals surface area contributed by atoms with E-state index in [4.69, 9.17) is 0 Å². The van der Waals surface area contributed by atoms with E-state index < -0.39 is 23.9 Å². The Morgan fingerprint density at radius 3 is 2.67 bits per heavy atom. The van der Waals surface area contributed by atoms with Gasteiger partial charge in [0.1, 0.15) is 5.54 Å². The van der Waals surface area contributed by atoms with Crippen LogP contribution in [0.2, 0.25) is 0 Å². The number of hydrogen-bond donors (Lipinski definition) is 0. The topological polar surface area (TPSA) is 67.2 Å². The third-order valence-electron chi connectivity index (χ3n) is 5.49. The van der Waals surface area contributed by atoms with Gasteiger partial charge in [0.25, 0.3) is 5.92 Å². The number of rotatable bonds is 7. The normalized spacial score (nSPS) is 16.0. The van der Waals surface area contributed by atoms with Crippen LogP contribution in [0, 0.1) is 0 Å². The van der Waals surface area contributed by atoms with Crippen molar-refractivity contribution in [1.29, 1.82) is 0 Å². The molecule has 2 aromatic heterocycles. The van der Waals surface area contributed by atoms with Gasteiger partial charge in [0.05, 0.1) is 18.4 Å². The third-order valence-corrected chi connectivity index (χ3v) is 5.49. The maximum atomic E-state index is 13.6. The van der Waals surface area contributed by atoms with E-state index >= 15 is 0 Å². The second-order valence-corrected chi connectivity index (χ2v) is 8.92. The van der Waals surface area contributed by atoms with Gasteiger partial charge >= 0.3 is 0 Å². The van der Waals surface area contributed by atoms with Gasteiger partial charge in [-0.25, -0.2) is 18.7 Å². The lowest BCUT2D eigenvalue weighted by atomic mass is 10.0. The molecule has 0 saturated carbocycles. The van der Waals surface area contributed by atoms with E-state index in [2.05, 4.69) is 21.6 Å². The maximum absolute atomic E-state index is 13.6. The Kier molecular flexibility index (Phi) is 6.81. The number of likely N-dealkylation sites (N-methyl/N-ethyl adjacent to an activating group) is 1. The second-order valence-electron chi connectivity index (χ2n) is 8.92. The summed E-state index contributed by atoms with van der Waals surface area (Å²) in [4.78, 5) is 25.0. The Labute approximate surface area is 193 Å². The average Bonchev–Trinajstić information content (AvgIpc) is 3.39. The minimum absolute atomic E-state index is 0.0389. The van der Waals surface area contributed by atoms with Gasteiger partial charge < -0.3 is 9.80 Å². The molecule has 0 N–H and O–H groups in total. The van der Waals surface area contributed by atoms with Crippen molar-refractivity contribution >= 4 is 11.9 Å². The summed E-state index contributed by atoms with van der Waals surface area (Å²) in [7, 11) is 1.87. The quantitative estimate of drug-likeness (QED) is 0.577. The van der Waals surface area contributed by atoms with Crippen molar-refractivity contribution in [3.8, 4) is 11.3 Å². The number of amides is 1. The van der Waals surface area contributed by atoms with Crippen molar-refractivity contribution in [1.82, 2.24) is 24.6 Å². The minimum atomic E-state index is -2.84. The molecule has 2 aromatic rings. The van der Waals surface area contributed by atoms with Crippen molar-refractivity contribution < 1.29 is 13.6 Å². The summed E-state index contributed by atoms with van der Waals surface area (Å²) in [6.07, 6.45) is 10.2. The van der Waals surface area contributed by atoms with Gasteiger partial charge in [0.15, 0.2) is 0 Å². The van der Waals surface area contributed by atoms with Crippen molar-refractivity contribution in [3.05, 3.63) is 60.7 Å². The van der Waals surface area contributed by atoms with Gasteiger partial charge in [-0.3, -0.25) is 9.48 Å². The van der Waals surface area contributed by atoms with E-state index in [1.54, 1.807) is 44.6 Å². The standard InChI is InChI=1S/C24H30F2N6O/c1-7-8-19(13-17(2)3)30(6)22-27-11-9-20(29-22)18-14-28-32(15-18)23(4,5)21(33)31-12-10-24(25,26)16-31/h7-9,11,13-15H,1,10,12,16H2,2-6H3/b19-8+. The largest absolute Gasteiger partial charge is 0.334 e. The number of hydrogen-bond acceptors (Lipinski definition) is 5. The molecule has 9 heteroatoms. The molecule has 0 radical (unpaired) electrons. The third kappa shape index (κ3) is 5.35. The number of allylic oxidation sites excluding steroid dienone is 4. The first-order chi connectivity index (χ1) is 15.4. The average molecular weight is 457 g/mol. The summed E-state index contributed by atoms with van der Waals surface area (Å²) in [5, 5.41) is 4.35. The van der Waals surface area contributed by atoms with Gasteiger partial charge in [-0.1, -0.05) is 18.2 Å². The van der Waals surface area contributed by atoms with Crippen LogP contribution in [0.1, 0.15) is 34.1 Å². The van der Waals surface area contributed by atoms with Crippen LogP contribution in [0.25, 0.3) is 11.3 Å². The molecule has 1 aliphatic rings. The number of aromatic nitrogens is 4. The van der Waals surface area contributed by atoms with E-state index in [1.807, 2.05) is 37.9 Å². The van der Waals surface area contributed by atoms with Gasteiger partial charge in [0.2, 0.25) is 11.9 Å². The number of nitrogens with zero attached hydrogens (tertiary/aromatic N) is 6. The lowest BCUT2D eigenvalue weighted by Gasteiger charge is -2.29. The van der Waals surface area contributed by atoms with E-state index in [0.29, 0.717) is 17.2 Å². The molecule has 1 fully saturated rings. The molecular weight excluding hydrogens is 426 g/mol. The van der Waals surface area contributed by atoms with Crippen LogP contribution in [0.4, 0.5) is 14.7 Å². The van der Waals surface area contributed by atoms with Crippen molar-refractivity contribution in [2.75, 3.05) is 25.0 Å². The van der Waals surface area contributed by atoms with E-state index in [1.165, 1.54) is 9.58 Å². The molecule has 1 amide bonds. The van der Waals surface area contributed by atoms with Crippen LogP contribution in [0.3, 0.4) is 0 Å². The molecule has 7 nitrogen and oxygen atoms in total. The van der Waals surface area contributed by atoms with Crippen LogP contribution < -0.4 is 4.90 Å². The number of carbonyl (C=O) groups is 1. The SMILES string of the molecule is C=C/C=C(\C=C(C)C)N(C)c1nccc(-c2cnn(C(C)(C)C(=O)N3CCC(F)(F)C3)c2)n1. The van der Waals surface area contributed by atoms with Crippen molar-refractivity contribution in [2.24, 2.45) is 0 Å². The Morgan fingerprint density at radius 2 is 2.06 bits per heavy atom. The predicted octanol–water partition coefficient (Wildman–Crippen LogP) is 4.42. The lowest BCUT2D eigenvalue weighted by molar-refractivity contribution is -0.140. The molecule has 1 saturated heterocycles. The van der Waals surface area contributed by atoms with E-state index in [9.17, 15) is 13.6 Å². The summed E-state index contributed by atoms with van der Waals surface area (Å²) >= 11 is 0. The number of halogens is 2. The summed E-state index contributed by atoms with van der Waals surface area (Å²) in [5.74, 6) is -2.74. The molecule has 3 heterocycles. The van der Waals surface area contributed by atoms with E-state index in [0.717, 1.165) is 11.3 Å². The Hall–Kier alpha value is -3.36. The molecule has 0 spiro atoms.